The predicted molar refractivity (Wildman–Crippen MR) is 68.4 cm³/mol. The smallest absolute Gasteiger partial charge is 0.138 e. The van der Waals surface area contributed by atoms with Crippen LogP contribution in [0, 0.1) is 17.3 Å². The molecule has 0 saturated carbocycles. The summed E-state index contributed by atoms with van der Waals surface area (Å²) in [5, 5.41) is 0. The zero-order chi connectivity index (χ0) is 12.5. The summed E-state index contributed by atoms with van der Waals surface area (Å²) in [6.07, 6.45) is 0.738. The Morgan fingerprint density at radius 2 is 1.94 bits per heavy atom. The summed E-state index contributed by atoms with van der Waals surface area (Å²) in [6.45, 7) is 15.5. The van der Waals surface area contributed by atoms with Crippen molar-refractivity contribution in [3.63, 3.8) is 0 Å². The fraction of sp³-hybridized carbons (Fsp3) is 0.929. The van der Waals surface area contributed by atoms with E-state index in [4.69, 9.17) is 0 Å². The van der Waals surface area contributed by atoms with E-state index < -0.39 is 0 Å². The summed E-state index contributed by atoms with van der Waals surface area (Å²) in [6, 6.07) is 0.408. The molecule has 0 amide bonds. The van der Waals surface area contributed by atoms with Crippen LogP contribution in [0.3, 0.4) is 0 Å². The van der Waals surface area contributed by atoms with Crippen LogP contribution in [0.5, 0.6) is 0 Å². The molecule has 1 heterocycles. The summed E-state index contributed by atoms with van der Waals surface area (Å²) in [4.78, 5) is 14.1. The fourth-order valence-corrected chi connectivity index (χ4v) is 2.15. The van der Waals surface area contributed by atoms with Crippen molar-refractivity contribution in [3.8, 4) is 0 Å². The van der Waals surface area contributed by atoms with E-state index in [9.17, 15) is 4.79 Å². The van der Waals surface area contributed by atoms with Gasteiger partial charge in [0.15, 0.2) is 0 Å². The van der Waals surface area contributed by atoms with E-state index in [1.165, 1.54) is 0 Å². The van der Waals surface area contributed by atoms with Gasteiger partial charge in [0.1, 0.15) is 5.78 Å². The molecule has 1 aliphatic heterocycles. The monoisotopic (exact) mass is 225 g/mol. The zero-order valence-electron chi connectivity index (χ0n) is 11.7. The molecule has 1 rings (SSSR count). The third kappa shape index (κ3) is 3.07. The van der Waals surface area contributed by atoms with Crippen molar-refractivity contribution < 1.29 is 4.79 Å². The topological polar surface area (TPSA) is 20.3 Å². The Labute approximate surface area is 100 Å². The third-order valence-corrected chi connectivity index (χ3v) is 4.44. The molecule has 0 bridgehead atoms. The number of carbonyl (C=O) groups excluding carboxylic acids is 1. The summed E-state index contributed by atoms with van der Waals surface area (Å²) < 4.78 is 0. The number of hydrogen-bond acceptors (Lipinski definition) is 2. The Bertz CT molecular complexity index is 254. The SMILES string of the molecule is CC1C(=O)CCN(CC(C)C(C)(C)C)C1C. The van der Waals surface area contributed by atoms with Gasteiger partial charge in [0, 0.05) is 31.5 Å². The quantitative estimate of drug-likeness (QED) is 0.720. The van der Waals surface area contributed by atoms with Crippen molar-refractivity contribution in [1.29, 1.82) is 0 Å². The van der Waals surface area contributed by atoms with Gasteiger partial charge in [0.2, 0.25) is 0 Å². The highest BCUT2D eigenvalue weighted by molar-refractivity contribution is 5.82. The number of Topliss-reactive ketones (excluding diaryl/α,β-unsaturated/α-hetero) is 1. The van der Waals surface area contributed by atoms with Crippen LogP contribution in [0.4, 0.5) is 0 Å². The summed E-state index contributed by atoms with van der Waals surface area (Å²) in [5.41, 5.74) is 0.352. The lowest BCUT2D eigenvalue weighted by Gasteiger charge is -2.41. The highest BCUT2D eigenvalue weighted by Crippen LogP contribution is 2.29. The van der Waals surface area contributed by atoms with Crippen molar-refractivity contribution in [3.05, 3.63) is 0 Å². The number of hydrogen-bond donors (Lipinski definition) is 0. The van der Waals surface area contributed by atoms with E-state index in [1.807, 2.05) is 0 Å². The van der Waals surface area contributed by atoms with E-state index in [0.29, 0.717) is 23.2 Å². The molecule has 1 fully saturated rings. The van der Waals surface area contributed by atoms with Crippen LogP contribution in [0.2, 0.25) is 0 Å². The standard InChI is InChI=1S/C14H27NO/c1-10(14(4,5)6)9-15-8-7-13(16)11(2)12(15)3/h10-12H,7-9H2,1-6H3. The van der Waals surface area contributed by atoms with Crippen LogP contribution in [-0.2, 0) is 4.79 Å². The molecule has 16 heavy (non-hydrogen) atoms. The maximum absolute atomic E-state index is 11.6. The second-order valence-electron chi connectivity index (χ2n) is 6.51. The second kappa shape index (κ2) is 4.87. The van der Waals surface area contributed by atoms with Gasteiger partial charge in [-0.2, -0.15) is 0 Å². The molecule has 3 atom stereocenters. The van der Waals surface area contributed by atoms with Crippen LogP contribution in [0.25, 0.3) is 0 Å². The highest BCUT2D eigenvalue weighted by atomic mass is 16.1. The lowest BCUT2D eigenvalue weighted by atomic mass is 9.80. The van der Waals surface area contributed by atoms with E-state index >= 15 is 0 Å². The lowest BCUT2D eigenvalue weighted by Crippen LogP contribution is -2.49. The van der Waals surface area contributed by atoms with Gasteiger partial charge < -0.3 is 0 Å². The van der Waals surface area contributed by atoms with Crippen molar-refractivity contribution >= 4 is 5.78 Å². The van der Waals surface area contributed by atoms with Crippen molar-refractivity contribution in [1.82, 2.24) is 4.90 Å². The largest absolute Gasteiger partial charge is 0.299 e. The summed E-state index contributed by atoms with van der Waals surface area (Å²) in [7, 11) is 0. The van der Waals surface area contributed by atoms with Crippen LogP contribution in [0.15, 0.2) is 0 Å². The van der Waals surface area contributed by atoms with E-state index in [0.717, 1.165) is 19.5 Å². The van der Waals surface area contributed by atoms with Gasteiger partial charge in [-0.3, -0.25) is 9.69 Å². The minimum absolute atomic E-state index is 0.209. The molecule has 0 spiro atoms. The van der Waals surface area contributed by atoms with Crippen LogP contribution in [0.1, 0.15) is 48.0 Å². The zero-order valence-corrected chi connectivity index (χ0v) is 11.7. The number of ketones is 1. The molecular weight excluding hydrogens is 198 g/mol. The number of carbonyl (C=O) groups is 1. The van der Waals surface area contributed by atoms with Gasteiger partial charge in [-0.1, -0.05) is 34.6 Å². The molecule has 0 N–H and O–H groups in total. The molecule has 2 nitrogen and oxygen atoms in total. The first-order valence-electron chi connectivity index (χ1n) is 6.50. The predicted octanol–water partition coefficient (Wildman–Crippen LogP) is 2.97. The minimum atomic E-state index is 0.209. The molecule has 0 radical (unpaired) electrons. The van der Waals surface area contributed by atoms with E-state index in [2.05, 4.69) is 46.4 Å². The molecule has 0 aromatic rings. The van der Waals surface area contributed by atoms with Gasteiger partial charge in [0.05, 0.1) is 0 Å². The van der Waals surface area contributed by atoms with Crippen molar-refractivity contribution in [2.24, 2.45) is 17.3 Å². The average Bonchev–Trinajstić information content (AvgIpc) is 2.17. The average molecular weight is 225 g/mol. The first kappa shape index (κ1) is 13.7. The summed E-state index contributed by atoms with van der Waals surface area (Å²) in [5.74, 6) is 1.31. The molecule has 0 aromatic carbocycles. The maximum atomic E-state index is 11.6. The fourth-order valence-electron chi connectivity index (χ4n) is 2.15. The summed E-state index contributed by atoms with van der Waals surface area (Å²) >= 11 is 0. The van der Waals surface area contributed by atoms with Crippen LogP contribution < -0.4 is 0 Å². The molecule has 1 saturated heterocycles. The van der Waals surface area contributed by atoms with Crippen LogP contribution in [-0.4, -0.2) is 29.8 Å². The molecule has 94 valence electrons. The van der Waals surface area contributed by atoms with E-state index in [-0.39, 0.29) is 5.92 Å². The maximum Gasteiger partial charge on any atom is 0.138 e. The molecule has 1 aliphatic rings. The van der Waals surface area contributed by atoms with Crippen LogP contribution >= 0.6 is 0 Å². The van der Waals surface area contributed by atoms with Crippen molar-refractivity contribution in [2.45, 2.75) is 54.0 Å². The second-order valence-corrected chi connectivity index (χ2v) is 6.51. The first-order chi connectivity index (χ1) is 7.23. The van der Waals surface area contributed by atoms with Gasteiger partial charge in [-0.15, -0.1) is 0 Å². The lowest BCUT2D eigenvalue weighted by molar-refractivity contribution is -0.128. The van der Waals surface area contributed by atoms with Crippen molar-refractivity contribution in [2.75, 3.05) is 13.1 Å². The number of rotatable bonds is 2. The number of nitrogens with zero attached hydrogens (tertiary/aromatic N) is 1. The van der Waals surface area contributed by atoms with Gasteiger partial charge in [0.25, 0.3) is 0 Å². The van der Waals surface area contributed by atoms with Gasteiger partial charge in [-0.05, 0) is 18.3 Å². The van der Waals surface area contributed by atoms with Gasteiger partial charge >= 0.3 is 0 Å². The highest BCUT2D eigenvalue weighted by Gasteiger charge is 2.33. The number of likely N-dealkylation sites (tertiary alicyclic amines) is 1. The minimum Gasteiger partial charge on any atom is -0.299 e. The first-order valence-corrected chi connectivity index (χ1v) is 6.50. The Morgan fingerprint density at radius 1 is 1.38 bits per heavy atom. The Balaban J connectivity index is 2.59. The molecular formula is C14H27NO. The molecule has 0 aliphatic carbocycles. The molecule has 2 heteroatoms. The Kier molecular flexibility index (Phi) is 4.17. The Morgan fingerprint density at radius 3 is 2.44 bits per heavy atom. The Hall–Kier alpha value is -0.370. The number of piperidine rings is 1. The third-order valence-electron chi connectivity index (χ3n) is 4.44. The molecule has 3 unspecified atom stereocenters. The van der Waals surface area contributed by atoms with Gasteiger partial charge in [-0.25, -0.2) is 0 Å². The van der Waals surface area contributed by atoms with E-state index in [1.54, 1.807) is 0 Å². The normalized spacial score (nSPS) is 30.5. The molecule has 0 aromatic heterocycles.